The summed E-state index contributed by atoms with van der Waals surface area (Å²) in [5.41, 5.74) is -0.466. The van der Waals surface area contributed by atoms with Gasteiger partial charge in [-0.05, 0) is 32.6 Å². The van der Waals surface area contributed by atoms with Gasteiger partial charge < -0.3 is 10.4 Å². The lowest BCUT2D eigenvalue weighted by atomic mass is 9.97. The average molecular weight is 296 g/mol. The molecule has 1 aromatic heterocycles. The van der Waals surface area contributed by atoms with Crippen molar-refractivity contribution in [2.24, 2.45) is 11.8 Å². The highest BCUT2D eigenvalue weighted by molar-refractivity contribution is 7.09. The van der Waals surface area contributed by atoms with Crippen LogP contribution in [0.5, 0.6) is 0 Å². The molecule has 6 heteroatoms. The third-order valence-electron chi connectivity index (χ3n) is 4.16. The van der Waals surface area contributed by atoms with Crippen LogP contribution in [-0.2, 0) is 15.1 Å². The first-order chi connectivity index (χ1) is 9.46. The van der Waals surface area contributed by atoms with Crippen molar-refractivity contribution in [3.8, 4) is 0 Å². The topological polar surface area (TPSA) is 79.3 Å². The van der Waals surface area contributed by atoms with E-state index in [1.807, 2.05) is 19.2 Å². The van der Waals surface area contributed by atoms with Crippen LogP contribution in [0.25, 0.3) is 0 Å². The zero-order valence-electron chi connectivity index (χ0n) is 11.8. The third kappa shape index (κ3) is 3.00. The molecule has 110 valence electrons. The van der Waals surface area contributed by atoms with Crippen molar-refractivity contribution in [2.45, 2.75) is 45.1 Å². The lowest BCUT2D eigenvalue weighted by molar-refractivity contribution is -0.141. The van der Waals surface area contributed by atoms with Crippen molar-refractivity contribution in [3.63, 3.8) is 0 Å². The van der Waals surface area contributed by atoms with E-state index in [9.17, 15) is 9.59 Å². The van der Waals surface area contributed by atoms with Gasteiger partial charge in [0.1, 0.15) is 5.01 Å². The van der Waals surface area contributed by atoms with Crippen LogP contribution in [0, 0.1) is 11.8 Å². The van der Waals surface area contributed by atoms with Gasteiger partial charge in [-0.3, -0.25) is 9.59 Å². The van der Waals surface area contributed by atoms with Crippen molar-refractivity contribution in [2.75, 3.05) is 0 Å². The Kier molecular flexibility index (Phi) is 4.42. The summed E-state index contributed by atoms with van der Waals surface area (Å²) in [6.07, 6.45) is 4.17. The number of hydrogen-bond acceptors (Lipinski definition) is 4. The quantitative estimate of drug-likeness (QED) is 0.874. The molecule has 1 fully saturated rings. The van der Waals surface area contributed by atoms with E-state index < -0.39 is 11.5 Å². The van der Waals surface area contributed by atoms with Gasteiger partial charge in [-0.25, -0.2) is 4.98 Å². The van der Waals surface area contributed by atoms with Crippen LogP contribution < -0.4 is 5.32 Å². The van der Waals surface area contributed by atoms with Crippen LogP contribution in [0.1, 0.15) is 44.5 Å². The summed E-state index contributed by atoms with van der Waals surface area (Å²) in [6, 6.07) is 0. The number of carbonyl (C=O) groups is 2. The van der Waals surface area contributed by atoms with Crippen LogP contribution in [0.4, 0.5) is 0 Å². The number of nitrogens with one attached hydrogen (secondary N) is 1. The van der Waals surface area contributed by atoms with E-state index in [1.165, 1.54) is 11.3 Å². The van der Waals surface area contributed by atoms with Gasteiger partial charge >= 0.3 is 5.97 Å². The number of hydrogen-bond donors (Lipinski definition) is 2. The van der Waals surface area contributed by atoms with Gasteiger partial charge in [0.15, 0.2) is 0 Å². The zero-order valence-corrected chi connectivity index (χ0v) is 12.6. The highest BCUT2D eigenvalue weighted by atomic mass is 32.1. The molecule has 1 heterocycles. The molecule has 3 atom stereocenters. The van der Waals surface area contributed by atoms with Crippen LogP contribution in [0.2, 0.25) is 0 Å². The predicted molar refractivity (Wildman–Crippen MR) is 76.4 cm³/mol. The molecule has 2 rings (SSSR count). The molecule has 2 N–H and O–H groups in total. The number of aliphatic carboxylic acids is 1. The first-order valence-corrected chi connectivity index (χ1v) is 7.79. The highest BCUT2D eigenvalue weighted by Crippen LogP contribution is 2.33. The smallest absolute Gasteiger partial charge is 0.306 e. The summed E-state index contributed by atoms with van der Waals surface area (Å²) in [5, 5.41) is 14.8. The van der Waals surface area contributed by atoms with Crippen LogP contribution in [0.15, 0.2) is 11.6 Å². The minimum absolute atomic E-state index is 0.0479. The van der Waals surface area contributed by atoms with Crippen molar-refractivity contribution in [1.29, 1.82) is 0 Å². The second-order valence-corrected chi connectivity index (χ2v) is 6.45. The summed E-state index contributed by atoms with van der Waals surface area (Å²) >= 11 is 1.52. The molecule has 1 aromatic rings. The van der Waals surface area contributed by atoms with E-state index in [0.29, 0.717) is 19.3 Å². The molecule has 1 unspecified atom stereocenters. The Morgan fingerprint density at radius 3 is 2.70 bits per heavy atom. The number of carbonyl (C=O) groups excluding carboxylic acids is 1. The molecule has 0 saturated heterocycles. The normalized spacial score (nSPS) is 25.1. The molecular weight excluding hydrogens is 276 g/mol. The van der Waals surface area contributed by atoms with Crippen molar-refractivity contribution < 1.29 is 14.7 Å². The van der Waals surface area contributed by atoms with Gasteiger partial charge in [0, 0.05) is 17.5 Å². The molecule has 0 spiro atoms. The minimum atomic E-state index is -0.793. The number of carboxylic acid groups (broad SMARTS) is 1. The first kappa shape index (κ1) is 15.0. The van der Waals surface area contributed by atoms with Crippen LogP contribution in [-0.4, -0.2) is 22.0 Å². The minimum Gasteiger partial charge on any atom is -0.481 e. The average Bonchev–Trinajstić information content (AvgIpc) is 3.09. The lowest BCUT2D eigenvalue weighted by Gasteiger charge is -2.29. The van der Waals surface area contributed by atoms with E-state index in [4.69, 9.17) is 5.11 Å². The fourth-order valence-corrected chi connectivity index (χ4v) is 3.43. The molecule has 1 aliphatic rings. The Labute approximate surface area is 122 Å². The molecule has 20 heavy (non-hydrogen) atoms. The van der Waals surface area contributed by atoms with Crippen LogP contribution in [0.3, 0.4) is 0 Å². The Morgan fingerprint density at radius 1 is 1.50 bits per heavy atom. The molecule has 5 nitrogen and oxygen atoms in total. The standard InChI is InChI=1S/C14H20N2O3S/c1-3-14(2,13-15-6-7-20-13)16-11(17)9-4-5-10(8-9)12(18)19/h6-7,9-10H,3-5,8H2,1-2H3,(H,16,17)(H,18,19)/t9-,10+,14?/m1/s1. The van der Waals surface area contributed by atoms with E-state index in [2.05, 4.69) is 10.3 Å². The van der Waals surface area contributed by atoms with Gasteiger partial charge in [0.25, 0.3) is 0 Å². The number of carboxylic acids is 1. The first-order valence-electron chi connectivity index (χ1n) is 6.91. The number of aromatic nitrogens is 1. The van der Waals surface area contributed by atoms with Gasteiger partial charge in [0.2, 0.25) is 5.91 Å². The predicted octanol–water partition coefficient (Wildman–Crippen LogP) is 2.39. The molecule has 1 aliphatic carbocycles. The maximum absolute atomic E-state index is 12.4. The summed E-state index contributed by atoms with van der Waals surface area (Å²) in [4.78, 5) is 27.6. The Morgan fingerprint density at radius 2 is 2.20 bits per heavy atom. The van der Waals surface area contributed by atoms with E-state index in [0.717, 1.165) is 11.4 Å². The molecule has 0 bridgehead atoms. The number of nitrogens with zero attached hydrogens (tertiary/aromatic N) is 1. The lowest BCUT2D eigenvalue weighted by Crippen LogP contribution is -2.45. The van der Waals surface area contributed by atoms with Gasteiger partial charge in [-0.2, -0.15) is 0 Å². The Bertz CT molecular complexity index is 489. The SMILES string of the molecule is CCC(C)(NC(=O)[C@@H]1CC[C@H](C(=O)O)C1)c1nccs1. The zero-order chi connectivity index (χ0) is 14.8. The highest BCUT2D eigenvalue weighted by Gasteiger charge is 2.37. The fraction of sp³-hybridized carbons (Fsp3) is 0.643. The van der Waals surface area contributed by atoms with Crippen molar-refractivity contribution in [1.82, 2.24) is 10.3 Å². The monoisotopic (exact) mass is 296 g/mol. The van der Waals surface area contributed by atoms with Crippen molar-refractivity contribution >= 4 is 23.2 Å². The second-order valence-electron chi connectivity index (χ2n) is 5.56. The van der Waals surface area contributed by atoms with E-state index in [-0.39, 0.29) is 17.7 Å². The number of amides is 1. The summed E-state index contributed by atoms with van der Waals surface area (Å²) in [7, 11) is 0. The molecule has 0 radical (unpaired) electrons. The second kappa shape index (κ2) is 5.91. The van der Waals surface area contributed by atoms with Crippen molar-refractivity contribution in [3.05, 3.63) is 16.6 Å². The summed E-state index contributed by atoms with van der Waals surface area (Å²) < 4.78 is 0. The fourth-order valence-electron chi connectivity index (χ4n) is 2.61. The van der Waals surface area contributed by atoms with E-state index in [1.54, 1.807) is 6.20 Å². The molecule has 0 aromatic carbocycles. The maximum Gasteiger partial charge on any atom is 0.306 e. The molecular formula is C14H20N2O3S. The van der Waals surface area contributed by atoms with E-state index >= 15 is 0 Å². The number of thiazole rings is 1. The summed E-state index contributed by atoms with van der Waals surface area (Å²) in [6.45, 7) is 3.98. The molecule has 1 saturated carbocycles. The van der Waals surface area contributed by atoms with Crippen LogP contribution >= 0.6 is 11.3 Å². The van der Waals surface area contributed by atoms with Gasteiger partial charge in [-0.15, -0.1) is 11.3 Å². The van der Waals surface area contributed by atoms with Gasteiger partial charge in [-0.1, -0.05) is 6.92 Å². The largest absolute Gasteiger partial charge is 0.481 e. The maximum atomic E-state index is 12.4. The molecule has 0 aliphatic heterocycles. The third-order valence-corrected chi connectivity index (χ3v) is 5.20. The Balaban J connectivity index is 2.02. The summed E-state index contributed by atoms with van der Waals surface area (Å²) in [5.74, 6) is -1.41. The Hall–Kier alpha value is -1.43. The molecule has 1 amide bonds. The van der Waals surface area contributed by atoms with Gasteiger partial charge in [0.05, 0.1) is 11.5 Å². The number of rotatable bonds is 5.